The smallest absolute Gasteiger partial charge is 0.243 e. The van der Waals surface area contributed by atoms with Gasteiger partial charge in [-0.1, -0.05) is 0 Å². The minimum atomic E-state index is -3.56. The molecule has 1 atom stereocenters. The van der Waals surface area contributed by atoms with Crippen LogP contribution < -0.4 is 10.1 Å². The first kappa shape index (κ1) is 19.2. The first-order valence-corrected chi connectivity index (χ1v) is 10.5. The van der Waals surface area contributed by atoms with Gasteiger partial charge in [-0.25, -0.2) is 28.4 Å². The van der Waals surface area contributed by atoms with Gasteiger partial charge in [0.2, 0.25) is 21.9 Å². The number of hydrogen-bond donors (Lipinski definition) is 1. The molecule has 3 heterocycles. The van der Waals surface area contributed by atoms with E-state index in [1.165, 1.54) is 4.31 Å². The van der Waals surface area contributed by atoms with Crippen LogP contribution in [-0.4, -0.2) is 52.9 Å². The first-order chi connectivity index (χ1) is 14.1. The van der Waals surface area contributed by atoms with Gasteiger partial charge in [0.25, 0.3) is 0 Å². The third kappa shape index (κ3) is 4.17. The molecule has 0 aliphatic carbocycles. The van der Waals surface area contributed by atoms with Crippen molar-refractivity contribution in [2.24, 2.45) is 0 Å². The van der Waals surface area contributed by atoms with E-state index < -0.39 is 10.0 Å². The zero-order chi connectivity index (χ0) is 20.3. The SMILES string of the molecule is COc1ccc(S(=O)(=O)N2CC[C@H](c3ccnc(Nc4ncccn4)n3)C2)cc1. The monoisotopic (exact) mass is 412 g/mol. The molecule has 1 aliphatic heterocycles. The van der Waals surface area contributed by atoms with Crippen LogP contribution in [0.25, 0.3) is 0 Å². The van der Waals surface area contributed by atoms with Gasteiger partial charge in [-0.15, -0.1) is 0 Å². The summed E-state index contributed by atoms with van der Waals surface area (Å²) in [5.41, 5.74) is 0.783. The molecule has 0 spiro atoms. The summed E-state index contributed by atoms with van der Waals surface area (Å²) in [6, 6.07) is 9.95. The van der Waals surface area contributed by atoms with Crippen LogP contribution in [0.5, 0.6) is 5.75 Å². The second-order valence-corrected chi connectivity index (χ2v) is 8.46. The number of aromatic nitrogens is 4. The maximum atomic E-state index is 12.9. The minimum Gasteiger partial charge on any atom is -0.497 e. The van der Waals surface area contributed by atoms with E-state index in [-0.39, 0.29) is 10.8 Å². The quantitative estimate of drug-likeness (QED) is 0.656. The van der Waals surface area contributed by atoms with E-state index in [0.29, 0.717) is 37.2 Å². The standard InChI is InChI=1S/C19H20N6O3S/c1-28-15-3-5-16(6-4-15)29(26,27)25-12-8-14(13-25)17-7-11-22-19(23-17)24-18-20-9-2-10-21-18/h2-7,9-11,14H,8,12-13H2,1H3,(H,20,21,22,23,24)/t14-/m0/s1. The Hall–Kier alpha value is -3.11. The van der Waals surface area contributed by atoms with Crippen LogP contribution in [0.2, 0.25) is 0 Å². The van der Waals surface area contributed by atoms with Crippen molar-refractivity contribution in [2.75, 3.05) is 25.5 Å². The van der Waals surface area contributed by atoms with Crippen molar-refractivity contribution in [1.29, 1.82) is 0 Å². The van der Waals surface area contributed by atoms with Crippen LogP contribution >= 0.6 is 0 Å². The number of anilines is 2. The van der Waals surface area contributed by atoms with Crippen molar-refractivity contribution < 1.29 is 13.2 Å². The molecule has 10 heteroatoms. The highest BCUT2D eigenvalue weighted by Gasteiger charge is 2.34. The van der Waals surface area contributed by atoms with Crippen LogP contribution in [0.15, 0.2) is 59.9 Å². The van der Waals surface area contributed by atoms with Crippen LogP contribution in [0, 0.1) is 0 Å². The largest absolute Gasteiger partial charge is 0.497 e. The highest BCUT2D eigenvalue weighted by Crippen LogP contribution is 2.31. The molecule has 4 rings (SSSR count). The maximum absolute atomic E-state index is 12.9. The molecule has 29 heavy (non-hydrogen) atoms. The number of rotatable bonds is 6. The fraction of sp³-hybridized carbons (Fsp3) is 0.263. The lowest BCUT2D eigenvalue weighted by Gasteiger charge is -2.17. The van der Waals surface area contributed by atoms with Crippen LogP contribution in [0.4, 0.5) is 11.9 Å². The second-order valence-electron chi connectivity index (χ2n) is 6.53. The van der Waals surface area contributed by atoms with E-state index >= 15 is 0 Å². The van der Waals surface area contributed by atoms with Gasteiger partial charge < -0.3 is 4.74 Å². The molecule has 3 aromatic rings. The Labute approximate surface area is 168 Å². The van der Waals surface area contributed by atoms with Crippen molar-refractivity contribution in [1.82, 2.24) is 24.2 Å². The van der Waals surface area contributed by atoms with Gasteiger partial charge in [-0.3, -0.25) is 5.32 Å². The summed E-state index contributed by atoms with van der Waals surface area (Å²) in [4.78, 5) is 17.2. The topological polar surface area (TPSA) is 110 Å². The Kier molecular flexibility index (Phi) is 5.36. The van der Waals surface area contributed by atoms with Crippen molar-refractivity contribution in [3.8, 4) is 5.75 Å². The molecule has 1 fully saturated rings. The molecule has 0 radical (unpaired) electrons. The minimum absolute atomic E-state index is 0.0109. The van der Waals surface area contributed by atoms with Gasteiger partial charge in [0, 0.05) is 37.6 Å². The molecule has 0 amide bonds. The molecule has 1 aliphatic rings. The van der Waals surface area contributed by atoms with Gasteiger partial charge in [-0.05, 0) is 42.8 Å². The molecule has 0 bridgehead atoms. The third-order valence-corrected chi connectivity index (χ3v) is 6.61. The summed E-state index contributed by atoms with van der Waals surface area (Å²) in [5.74, 6) is 1.39. The van der Waals surface area contributed by atoms with Crippen LogP contribution in [0.1, 0.15) is 18.0 Å². The van der Waals surface area contributed by atoms with Gasteiger partial charge in [0.15, 0.2) is 0 Å². The highest BCUT2D eigenvalue weighted by molar-refractivity contribution is 7.89. The number of nitrogens with zero attached hydrogens (tertiary/aromatic N) is 5. The summed E-state index contributed by atoms with van der Waals surface area (Å²) in [7, 11) is -2.02. The number of methoxy groups -OCH3 is 1. The van der Waals surface area contributed by atoms with E-state index in [4.69, 9.17) is 4.74 Å². The number of benzene rings is 1. The Bertz CT molecular complexity index is 1080. The zero-order valence-corrected chi connectivity index (χ0v) is 16.6. The molecule has 150 valence electrons. The number of sulfonamides is 1. The normalized spacial score (nSPS) is 17.2. The third-order valence-electron chi connectivity index (χ3n) is 4.73. The molecule has 1 N–H and O–H groups in total. The predicted molar refractivity (Wildman–Crippen MR) is 106 cm³/mol. The van der Waals surface area contributed by atoms with E-state index in [1.807, 2.05) is 6.07 Å². The van der Waals surface area contributed by atoms with Gasteiger partial charge >= 0.3 is 0 Å². The molecule has 2 aromatic heterocycles. The molecular weight excluding hydrogens is 392 g/mol. The Morgan fingerprint density at radius 1 is 1.03 bits per heavy atom. The molecule has 0 saturated carbocycles. The van der Waals surface area contributed by atoms with Gasteiger partial charge in [0.05, 0.1) is 17.7 Å². The number of ether oxygens (including phenoxy) is 1. The summed E-state index contributed by atoms with van der Waals surface area (Å²) >= 11 is 0. The van der Waals surface area contributed by atoms with Crippen molar-refractivity contribution in [3.63, 3.8) is 0 Å². The summed E-state index contributed by atoms with van der Waals surface area (Å²) in [6.45, 7) is 0.806. The second kappa shape index (κ2) is 8.10. The fourth-order valence-electron chi connectivity index (χ4n) is 3.21. The van der Waals surface area contributed by atoms with Crippen LogP contribution in [-0.2, 0) is 10.0 Å². The van der Waals surface area contributed by atoms with Gasteiger partial charge in [-0.2, -0.15) is 4.31 Å². The maximum Gasteiger partial charge on any atom is 0.243 e. The lowest BCUT2D eigenvalue weighted by atomic mass is 10.1. The van der Waals surface area contributed by atoms with Crippen molar-refractivity contribution in [3.05, 3.63) is 60.7 Å². The van der Waals surface area contributed by atoms with E-state index in [1.54, 1.807) is 56.0 Å². The summed E-state index contributed by atoms with van der Waals surface area (Å²) in [6.07, 6.45) is 5.58. The van der Waals surface area contributed by atoms with Crippen LogP contribution in [0.3, 0.4) is 0 Å². The molecular formula is C19H20N6O3S. The zero-order valence-electron chi connectivity index (χ0n) is 15.8. The van der Waals surface area contributed by atoms with E-state index in [2.05, 4.69) is 25.3 Å². The Balaban J connectivity index is 1.48. The number of hydrogen-bond acceptors (Lipinski definition) is 8. The number of nitrogens with one attached hydrogen (secondary N) is 1. The van der Waals surface area contributed by atoms with Gasteiger partial charge in [0.1, 0.15) is 5.75 Å². The summed E-state index contributed by atoms with van der Waals surface area (Å²) < 4.78 is 32.5. The lowest BCUT2D eigenvalue weighted by Crippen LogP contribution is -2.28. The molecule has 9 nitrogen and oxygen atoms in total. The highest BCUT2D eigenvalue weighted by atomic mass is 32.2. The van der Waals surface area contributed by atoms with Crippen molar-refractivity contribution in [2.45, 2.75) is 17.2 Å². The first-order valence-electron chi connectivity index (χ1n) is 9.07. The Morgan fingerprint density at radius 3 is 2.48 bits per heavy atom. The average Bonchev–Trinajstić information content (AvgIpc) is 3.26. The molecule has 0 unspecified atom stereocenters. The molecule has 1 saturated heterocycles. The Morgan fingerprint density at radius 2 is 1.76 bits per heavy atom. The predicted octanol–water partition coefficient (Wildman–Crippen LogP) is 2.20. The average molecular weight is 412 g/mol. The van der Waals surface area contributed by atoms with Crippen molar-refractivity contribution >= 4 is 21.9 Å². The summed E-state index contributed by atoms with van der Waals surface area (Å²) in [5, 5.41) is 2.96. The lowest BCUT2D eigenvalue weighted by molar-refractivity contribution is 0.414. The molecule has 1 aromatic carbocycles. The fourth-order valence-corrected chi connectivity index (χ4v) is 4.71. The van der Waals surface area contributed by atoms with E-state index in [0.717, 1.165) is 5.69 Å². The van der Waals surface area contributed by atoms with E-state index in [9.17, 15) is 8.42 Å².